The molecule has 0 radical (unpaired) electrons. The molecule has 25 heavy (non-hydrogen) atoms. The number of carbonyl (C=O) groups is 2. The molecule has 0 saturated carbocycles. The number of nitrogens with one attached hydrogen (secondary N) is 2. The van der Waals surface area contributed by atoms with E-state index in [0.29, 0.717) is 0 Å². The van der Waals surface area contributed by atoms with Crippen molar-refractivity contribution in [2.24, 2.45) is 0 Å². The Morgan fingerprint density at radius 3 is 2.24 bits per heavy atom. The summed E-state index contributed by atoms with van der Waals surface area (Å²) in [6, 6.07) is 9.65. The molecule has 2 N–H and O–H groups in total. The molecule has 138 valence electrons. The molecule has 1 aromatic rings. The second kappa shape index (κ2) is 8.45. The zero-order valence-electron chi connectivity index (χ0n) is 15.7. The number of rotatable bonds is 4. The smallest absolute Gasteiger partial charge is 0.321 e. The van der Waals surface area contributed by atoms with Crippen molar-refractivity contribution in [3.63, 3.8) is 0 Å². The molecule has 1 atom stereocenters. The number of hydrogen-bond acceptors (Lipinski definition) is 4. The van der Waals surface area contributed by atoms with Crippen LogP contribution in [0.2, 0.25) is 0 Å². The Hall–Kier alpha value is -1.92. The molecule has 3 amide bonds. The van der Waals surface area contributed by atoms with E-state index < -0.39 is 6.03 Å². The van der Waals surface area contributed by atoms with Crippen LogP contribution in [0.1, 0.15) is 33.3 Å². The van der Waals surface area contributed by atoms with Gasteiger partial charge in [-0.3, -0.25) is 19.9 Å². The number of hydrogen-bond donors (Lipinski definition) is 2. The first kappa shape index (κ1) is 19.4. The van der Waals surface area contributed by atoms with Crippen LogP contribution in [0, 0.1) is 0 Å². The van der Waals surface area contributed by atoms with Crippen molar-refractivity contribution >= 4 is 11.9 Å². The Labute approximate surface area is 150 Å². The molecule has 6 heteroatoms. The van der Waals surface area contributed by atoms with E-state index >= 15 is 0 Å². The van der Waals surface area contributed by atoms with Gasteiger partial charge in [0.25, 0.3) is 0 Å². The van der Waals surface area contributed by atoms with Gasteiger partial charge < -0.3 is 5.32 Å². The largest absolute Gasteiger partial charge is 0.333 e. The fraction of sp³-hybridized carbons (Fsp3) is 0.579. The van der Waals surface area contributed by atoms with E-state index in [1.54, 1.807) is 0 Å². The molecular formula is C19H30N4O2. The average molecular weight is 346 g/mol. The van der Waals surface area contributed by atoms with Crippen molar-refractivity contribution in [2.75, 3.05) is 26.2 Å². The molecular weight excluding hydrogens is 316 g/mol. The van der Waals surface area contributed by atoms with Crippen LogP contribution < -0.4 is 10.6 Å². The Kier molecular flexibility index (Phi) is 6.56. The van der Waals surface area contributed by atoms with Crippen LogP contribution in [0.25, 0.3) is 0 Å². The first-order valence-electron chi connectivity index (χ1n) is 8.88. The highest BCUT2D eigenvalue weighted by Gasteiger charge is 2.27. The lowest BCUT2D eigenvalue weighted by Gasteiger charge is -2.37. The zero-order valence-corrected chi connectivity index (χ0v) is 15.7. The van der Waals surface area contributed by atoms with Crippen LogP contribution in [0.4, 0.5) is 4.79 Å². The first-order chi connectivity index (χ1) is 11.7. The first-order valence-corrected chi connectivity index (χ1v) is 8.88. The zero-order chi connectivity index (χ0) is 18.4. The lowest BCUT2D eigenvalue weighted by molar-refractivity contribution is -0.125. The summed E-state index contributed by atoms with van der Waals surface area (Å²) in [7, 11) is 0. The number of carbonyl (C=O) groups excluding carboxylic acids is 2. The van der Waals surface area contributed by atoms with Crippen molar-refractivity contribution in [1.82, 2.24) is 20.4 Å². The average Bonchev–Trinajstić information content (AvgIpc) is 2.54. The van der Waals surface area contributed by atoms with Gasteiger partial charge in [-0.15, -0.1) is 0 Å². The van der Waals surface area contributed by atoms with Gasteiger partial charge in [0.05, 0.1) is 6.04 Å². The molecule has 1 aromatic carbocycles. The Balaban J connectivity index is 1.77. The normalized spacial score (nSPS) is 17.8. The molecule has 0 aromatic heterocycles. The Bertz CT molecular complexity index is 575. The summed E-state index contributed by atoms with van der Waals surface area (Å²) in [6.45, 7) is 11.9. The van der Waals surface area contributed by atoms with E-state index in [-0.39, 0.29) is 17.5 Å². The molecule has 1 heterocycles. The predicted molar refractivity (Wildman–Crippen MR) is 99.2 cm³/mol. The van der Waals surface area contributed by atoms with Crippen LogP contribution in [0.3, 0.4) is 0 Å². The molecule has 1 saturated heterocycles. The molecule has 2 rings (SSSR count). The third-order valence-corrected chi connectivity index (χ3v) is 4.31. The minimum Gasteiger partial charge on any atom is -0.333 e. The fourth-order valence-electron chi connectivity index (χ4n) is 2.90. The van der Waals surface area contributed by atoms with Gasteiger partial charge in [-0.05, 0) is 33.3 Å². The highest BCUT2D eigenvalue weighted by Crippen LogP contribution is 2.10. The lowest BCUT2D eigenvalue weighted by Crippen LogP contribution is -2.56. The van der Waals surface area contributed by atoms with E-state index in [2.05, 4.69) is 44.7 Å². The van der Waals surface area contributed by atoms with Crippen LogP contribution >= 0.6 is 0 Å². The summed E-state index contributed by atoms with van der Waals surface area (Å²) in [5.41, 5.74) is 0.942. The second-order valence-corrected chi connectivity index (χ2v) is 7.67. The summed E-state index contributed by atoms with van der Waals surface area (Å²) >= 11 is 0. The van der Waals surface area contributed by atoms with Crippen LogP contribution in [-0.4, -0.2) is 59.5 Å². The molecule has 1 aliphatic rings. The second-order valence-electron chi connectivity index (χ2n) is 7.67. The highest BCUT2D eigenvalue weighted by atomic mass is 16.2. The Morgan fingerprint density at radius 1 is 1.08 bits per heavy atom. The maximum absolute atomic E-state index is 12.3. The third kappa shape index (κ3) is 6.48. The number of benzene rings is 1. The van der Waals surface area contributed by atoms with Gasteiger partial charge in [-0.25, -0.2) is 4.79 Å². The molecule has 6 nitrogen and oxygen atoms in total. The van der Waals surface area contributed by atoms with Gasteiger partial charge in [0.2, 0.25) is 5.91 Å². The molecule has 0 bridgehead atoms. The van der Waals surface area contributed by atoms with Crippen LogP contribution in [0.5, 0.6) is 0 Å². The van der Waals surface area contributed by atoms with Gasteiger partial charge in [0, 0.05) is 38.3 Å². The lowest BCUT2D eigenvalue weighted by atomic mass is 10.1. The van der Waals surface area contributed by atoms with Crippen LogP contribution in [0.15, 0.2) is 30.3 Å². The summed E-state index contributed by atoms with van der Waals surface area (Å²) < 4.78 is 0. The molecule has 1 fully saturated rings. The highest BCUT2D eigenvalue weighted by molar-refractivity contribution is 5.97. The number of nitrogens with zero attached hydrogens (tertiary/aromatic N) is 2. The summed E-state index contributed by atoms with van der Waals surface area (Å²) in [5.74, 6) is -0.252. The van der Waals surface area contributed by atoms with Crippen molar-refractivity contribution < 1.29 is 9.59 Å². The molecule has 1 aliphatic heterocycles. The fourth-order valence-corrected chi connectivity index (χ4v) is 2.90. The standard InChI is InChI=1S/C19H30N4O2/c1-15(17(24)20-18(25)21-19(2,3)4)23-12-10-22(11-13-23)14-16-8-6-5-7-9-16/h5-9,15H,10-14H2,1-4H3,(H2,20,21,24,25)/t15-/m1/s1. The SMILES string of the molecule is C[C@H](C(=O)NC(=O)NC(C)(C)C)N1CCN(Cc2ccccc2)CC1. The minimum atomic E-state index is -0.438. The maximum atomic E-state index is 12.3. The van der Waals surface area contributed by atoms with Gasteiger partial charge in [-0.2, -0.15) is 0 Å². The van der Waals surface area contributed by atoms with E-state index in [4.69, 9.17) is 0 Å². The monoisotopic (exact) mass is 346 g/mol. The minimum absolute atomic E-state index is 0.252. The van der Waals surface area contributed by atoms with Gasteiger partial charge >= 0.3 is 6.03 Å². The summed E-state index contributed by atoms with van der Waals surface area (Å²) in [6.07, 6.45) is 0. The van der Waals surface area contributed by atoms with E-state index in [0.717, 1.165) is 32.7 Å². The van der Waals surface area contributed by atoms with Gasteiger partial charge in [-0.1, -0.05) is 30.3 Å². The summed E-state index contributed by atoms with van der Waals surface area (Å²) in [4.78, 5) is 28.6. The Morgan fingerprint density at radius 2 is 1.68 bits per heavy atom. The van der Waals surface area contributed by atoms with Crippen molar-refractivity contribution in [3.8, 4) is 0 Å². The maximum Gasteiger partial charge on any atom is 0.321 e. The van der Waals surface area contributed by atoms with Crippen LogP contribution in [-0.2, 0) is 11.3 Å². The number of piperazine rings is 1. The quantitative estimate of drug-likeness (QED) is 0.873. The number of imide groups is 1. The number of amides is 3. The predicted octanol–water partition coefficient (Wildman–Crippen LogP) is 1.82. The summed E-state index contributed by atoms with van der Waals surface area (Å²) in [5, 5.41) is 5.18. The molecule has 0 unspecified atom stereocenters. The van der Waals surface area contributed by atoms with Gasteiger partial charge in [0.1, 0.15) is 0 Å². The molecule has 0 spiro atoms. The van der Waals surface area contributed by atoms with Crippen molar-refractivity contribution in [1.29, 1.82) is 0 Å². The topological polar surface area (TPSA) is 64.7 Å². The van der Waals surface area contributed by atoms with Gasteiger partial charge in [0.15, 0.2) is 0 Å². The third-order valence-electron chi connectivity index (χ3n) is 4.31. The molecule has 0 aliphatic carbocycles. The van der Waals surface area contributed by atoms with E-state index in [9.17, 15) is 9.59 Å². The van der Waals surface area contributed by atoms with Crippen molar-refractivity contribution in [2.45, 2.75) is 45.8 Å². The van der Waals surface area contributed by atoms with Crippen molar-refractivity contribution in [3.05, 3.63) is 35.9 Å². The van der Waals surface area contributed by atoms with E-state index in [1.807, 2.05) is 33.8 Å². The van der Waals surface area contributed by atoms with E-state index in [1.165, 1.54) is 5.56 Å². The number of urea groups is 1.